The van der Waals surface area contributed by atoms with E-state index in [1.54, 1.807) is 6.07 Å². The van der Waals surface area contributed by atoms with Gasteiger partial charge in [-0.25, -0.2) is 0 Å². The Balaban J connectivity index is 0. The van der Waals surface area contributed by atoms with Crippen LogP contribution in [0.25, 0.3) is 0 Å². The Hall–Kier alpha value is 0.363. The summed E-state index contributed by atoms with van der Waals surface area (Å²) in [7, 11) is 0. The van der Waals surface area contributed by atoms with Gasteiger partial charge in [0.05, 0.1) is 5.56 Å². The van der Waals surface area contributed by atoms with Gasteiger partial charge in [0.15, 0.2) is 0 Å². The molecule has 0 N–H and O–H groups in total. The van der Waals surface area contributed by atoms with Crippen molar-refractivity contribution in [2.45, 2.75) is 12.6 Å². The summed E-state index contributed by atoms with van der Waals surface area (Å²) in [6.45, 7) is 3.51. The fourth-order valence-electron chi connectivity index (χ4n) is 0.903. The van der Waals surface area contributed by atoms with Crippen LogP contribution in [0.4, 0.5) is 13.2 Å². The molecule has 0 spiro atoms. The first-order valence-corrected chi connectivity index (χ1v) is 3.49. The van der Waals surface area contributed by atoms with E-state index < -0.39 is 11.7 Å². The largest absolute Gasteiger partial charge is 2.00 e. The average Bonchev–Trinajstić information content (AvgIpc) is 2.03. The maximum absolute atomic E-state index is 12.1. The van der Waals surface area contributed by atoms with Gasteiger partial charge in [0.25, 0.3) is 0 Å². The zero-order chi connectivity index (χ0) is 9.19. The van der Waals surface area contributed by atoms with E-state index in [-0.39, 0.29) is 43.5 Å². The predicted molar refractivity (Wildman–Crippen MR) is 40.5 cm³/mol. The molecule has 1 rings (SSSR count). The van der Waals surface area contributed by atoms with Gasteiger partial charge in [-0.3, -0.25) is 0 Å². The number of benzene rings is 1. The second-order valence-electron chi connectivity index (χ2n) is 2.45. The zero-order valence-electron chi connectivity index (χ0n) is 7.44. The molecule has 0 saturated heterocycles. The predicted octanol–water partition coefficient (Wildman–Crippen LogP) is 0.0835. The second-order valence-corrected chi connectivity index (χ2v) is 2.45. The van der Waals surface area contributed by atoms with Crippen molar-refractivity contribution < 1.29 is 56.6 Å². The number of alkyl halides is 3. The van der Waals surface area contributed by atoms with Crippen LogP contribution in [0.2, 0.25) is 0 Å². The first kappa shape index (κ1) is 16.8. The fourth-order valence-corrected chi connectivity index (χ4v) is 0.903. The summed E-state index contributed by atoms with van der Waals surface area (Å²) >= 11 is 0. The van der Waals surface area contributed by atoms with Crippen LogP contribution >= 0.6 is 0 Å². The number of hydrogen-bond acceptors (Lipinski definition) is 0. The summed E-state index contributed by atoms with van der Waals surface area (Å²) in [6.07, 6.45) is -3.87. The molecule has 1 aromatic rings. The molecule has 0 aliphatic rings. The van der Waals surface area contributed by atoms with Crippen LogP contribution in [0.15, 0.2) is 24.3 Å². The van der Waals surface area contributed by atoms with Crippen molar-refractivity contribution in [2.75, 3.05) is 0 Å². The molecule has 0 aromatic heterocycles. The van der Waals surface area contributed by atoms with Crippen LogP contribution < -0.4 is 24.0 Å². The van der Waals surface area contributed by atoms with Gasteiger partial charge in [0.1, 0.15) is 0 Å². The van der Waals surface area contributed by atoms with E-state index in [1.807, 2.05) is 0 Å². The Bertz CT molecular complexity index is 273. The van der Waals surface area contributed by atoms with Gasteiger partial charge in [-0.05, 0) is 6.07 Å². The summed E-state index contributed by atoms with van der Waals surface area (Å²) in [5.41, 5.74) is -0.00604. The van der Waals surface area contributed by atoms with Crippen LogP contribution in [0.5, 0.6) is 0 Å². The molecule has 0 unspecified atom stereocenters. The average molecular weight is 365 g/mol. The summed E-state index contributed by atoms with van der Waals surface area (Å²) < 4.78 is 36.3. The second kappa shape index (κ2) is 6.78. The number of hydrogen-bond donors (Lipinski definition) is 0. The maximum atomic E-state index is 12.1. The van der Waals surface area contributed by atoms with Crippen molar-refractivity contribution in [1.82, 2.24) is 0 Å². The van der Waals surface area contributed by atoms with E-state index in [0.29, 0.717) is 12.0 Å². The van der Waals surface area contributed by atoms with Crippen LogP contribution in [0.1, 0.15) is 11.1 Å². The third kappa shape index (κ3) is 4.73. The fraction of sp³-hybridized carbons (Fsp3) is 0.222. The molecule has 0 heterocycles. The molecule has 0 aliphatic heterocycles. The summed E-state index contributed by atoms with van der Waals surface area (Å²) in [4.78, 5) is 0. The molecule has 0 saturated carbocycles. The molecule has 0 bridgehead atoms. The van der Waals surface area contributed by atoms with Crippen molar-refractivity contribution in [3.05, 3.63) is 42.3 Å². The van der Waals surface area contributed by atoms with Gasteiger partial charge in [-0.2, -0.15) is 19.6 Å². The van der Waals surface area contributed by atoms with E-state index in [0.717, 1.165) is 12.1 Å². The molecule has 74 valence electrons. The van der Waals surface area contributed by atoms with E-state index in [9.17, 15) is 13.2 Å². The van der Waals surface area contributed by atoms with Gasteiger partial charge in [-0.1, -0.05) is 23.8 Å². The Labute approximate surface area is 111 Å². The Morgan fingerprint density at radius 3 is 2.21 bits per heavy atom. The monoisotopic (exact) mass is 364 g/mol. The van der Waals surface area contributed by atoms with Crippen LogP contribution in [0.3, 0.4) is 0 Å². The van der Waals surface area contributed by atoms with Crippen molar-refractivity contribution >= 4 is 0 Å². The van der Waals surface area contributed by atoms with Crippen LogP contribution in [-0.4, -0.2) is 0 Å². The standard InChI is InChI=1S/C9H8F3.HI.Zn/c1-2-7-4-3-5-8(6-7)9(10,11)12;;/h3-6H,1-2H2;1H;/q-1;;+2/p-1. The normalized spacial score (nSPS) is 10.0. The van der Waals surface area contributed by atoms with E-state index >= 15 is 0 Å². The van der Waals surface area contributed by atoms with Gasteiger partial charge in [-0.15, -0.1) is 0 Å². The summed E-state index contributed by atoms with van der Waals surface area (Å²) in [6, 6.07) is 5.19. The van der Waals surface area contributed by atoms with Crippen molar-refractivity contribution in [2.24, 2.45) is 0 Å². The molecular formula is C9H8F3IZn. The minimum atomic E-state index is -4.24. The van der Waals surface area contributed by atoms with E-state index in [1.165, 1.54) is 6.07 Å². The maximum Gasteiger partial charge on any atom is 2.00 e. The molecule has 0 atom stereocenters. The smallest absolute Gasteiger partial charge is 1.00 e. The Morgan fingerprint density at radius 1 is 1.21 bits per heavy atom. The number of halogens is 4. The molecule has 1 aromatic carbocycles. The third-order valence-electron chi connectivity index (χ3n) is 1.54. The molecule has 5 heteroatoms. The molecule has 0 amide bonds. The van der Waals surface area contributed by atoms with E-state index in [2.05, 4.69) is 6.92 Å². The third-order valence-corrected chi connectivity index (χ3v) is 1.54. The van der Waals surface area contributed by atoms with Crippen LogP contribution in [-0.2, 0) is 32.1 Å². The zero-order valence-corrected chi connectivity index (χ0v) is 12.6. The topological polar surface area (TPSA) is 0 Å². The molecule has 14 heavy (non-hydrogen) atoms. The Kier molecular flexibility index (Phi) is 8.12. The number of rotatable bonds is 1. The van der Waals surface area contributed by atoms with Crippen molar-refractivity contribution in [3.63, 3.8) is 0 Å². The quantitative estimate of drug-likeness (QED) is 0.376. The first-order chi connectivity index (χ1) is 5.54. The molecule has 0 fully saturated rings. The molecule has 0 aliphatic carbocycles. The van der Waals surface area contributed by atoms with Gasteiger partial charge >= 0.3 is 25.7 Å². The van der Waals surface area contributed by atoms with E-state index in [4.69, 9.17) is 0 Å². The van der Waals surface area contributed by atoms with Crippen LogP contribution in [0, 0.1) is 6.92 Å². The van der Waals surface area contributed by atoms with Gasteiger partial charge in [0.2, 0.25) is 0 Å². The first-order valence-electron chi connectivity index (χ1n) is 3.49. The SMILES string of the molecule is [CH2-]Cc1cccc(C(F)(F)F)c1.[I-].[Zn+2]. The van der Waals surface area contributed by atoms with Crippen molar-refractivity contribution in [1.29, 1.82) is 0 Å². The Morgan fingerprint density at radius 2 is 1.79 bits per heavy atom. The molecule has 0 radical (unpaired) electrons. The summed E-state index contributed by atoms with van der Waals surface area (Å²) in [5, 5.41) is 0. The van der Waals surface area contributed by atoms with Gasteiger partial charge < -0.3 is 30.9 Å². The minimum Gasteiger partial charge on any atom is -1.00 e. The van der Waals surface area contributed by atoms with Gasteiger partial charge in [0, 0.05) is 0 Å². The van der Waals surface area contributed by atoms with Crippen molar-refractivity contribution in [3.8, 4) is 0 Å². The molecule has 0 nitrogen and oxygen atoms in total. The summed E-state index contributed by atoms with van der Waals surface area (Å²) in [5.74, 6) is 0. The molecular weight excluding hydrogens is 357 g/mol. The minimum absolute atomic E-state index is 0.